The van der Waals surface area contributed by atoms with Gasteiger partial charge in [-0.2, -0.15) is 13.2 Å². The number of nitrogen functional groups attached to an aromatic ring is 1. The van der Waals surface area contributed by atoms with Gasteiger partial charge in [0.15, 0.2) is 0 Å². The average Bonchev–Trinajstić information content (AvgIpc) is 2.98. The number of amides is 2. The molecule has 0 atom stereocenters. The molecule has 1 aliphatic rings. The lowest BCUT2D eigenvalue weighted by atomic mass is 10.2. The first kappa shape index (κ1) is 30.3. The van der Waals surface area contributed by atoms with Crippen molar-refractivity contribution < 1.29 is 32.2 Å². The topological polar surface area (TPSA) is 124 Å². The molecule has 0 saturated carbocycles. The summed E-state index contributed by atoms with van der Waals surface area (Å²) in [5.41, 5.74) is 6.78. The van der Waals surface area contributed by atoms with Gasteiger partial charge in [-0.1, -0.05) is 15.9 Å². The number of nitrogens with zero attached hydrogens (tertiary/aromatic N) is 3. The predicted octanol–water partition coefficient (Wildman–Crippen LogP) is 6.53. The Morgan fingerprint density at radius 1 is 1.02 bits per heavy atom. The standard InChI is InChI=1S/C29H28BrF3N6O4/c30-23-7-4-19(14-22(23)29(31,32)33)38-28(40)37-18-2-5-20(6-3-18)43-27-21-15-24(34)26(16-25(21)35-17-36-27)42-11-1-8-39-9-12-41-13-10-39/h2-7,14-17H,1,8-13,34H2,(H2,37,38,40). The van der Waals surface area contributed by atoms with Crippen LogP contribution in [0.3, 0.4) is 0 Å². The number of alkyl halides is 3. The third kappa shape index (κ3) is 8.03. The molecule has 226 valence electrons. The molecule has 2 heterocycles. The van der Waals surface area contributed by atoms with E-state index in [2.05, 4.69) is 41.4 Å². The van der Waals surface area contributed by atoms with Crippen LogP contribution >= 0.6 is 15.9 Å². The quantitative estimate of drug-likeness (QED) is 0.137. The number of anilines is 3. The zero-order valence-corrected chi connectivity index (χ0v) is 24.4. The minimum Gasteiger partial charge on any atom is -0.491 e. The highest BCUT2D eigenvalue weighted by atomic mass is 79.9. The molecule has 0 radical (unpaired) electrons. The van der Waals surface area contributed by atoms with E-state index in [0.717, 1.165) is 45.3 Å². The van der Waals surface area contributed by atoms with Gasteiger partial charge in [-0.15, -0.1) is 0 Å². The minimum absolute atomic E-state index is 0.00978. The van der Waals surface area contributed by atoms with Crippen LogP contribution in [0.5, 0.6) is 17.4 Å². The lowest BCUT2D eigenvalue weighted by Crippen LogP contribution is -2.37. The van der Waals surface area contributed by atoms with Crippen molar-refractivity contribution in [3.8, 4) is 17.4 Å². The Balaban J connectivity index is 1.18. The Bertz CT molecular complexity index is 1580. The summed E-state index contributed by atoms with van der Waals surface area (Å²) in [5.74, 6) is 1.24. The molecule has 1 aliphatic heterocycles. The van der Waals surface area contributed by atoms with Gasteiger partial charge in [-0.25, -0.2) is 14.8 Å². The van der Waals surface area contributed by atoms with E-state index in [1.54, 1.807) is 36.4 Å². The highest BCUT2D eigenvalue weighted by Crippen LogP contribution is 2.37. The van der Waals surface area contributed by atoms with Gasteiger partial charge >= 0.3 is 12.2 Å². The third-order valence-electron chi connectivity index (χ3n) is 6.57. The third-order valence-corrected chi connectivity index (χ3v) is 7.26. The molecule has 5 rings (SSSR count). The lowest BCUT2D eigenvalue weighted by Gasteiger charge is -2.26. The number of hydrogen-bond donors (Lipinski definition) is 3. The highest BCUT2D eigenvalue weighted by Gasteiger charge is 2.33. The maximum absolute atomic E-state index is 13.1. The molecule has 0 aliphatic carbocycles. The van der Waals surface area contributed by atoms with Crippen LogP contribution < -0.4 is 25.8 Å². The summed E-state index contributed by atoms with van der Waals surface area (Å²) in [5, 5.41) is 5.56. The summed E-state index contributed by atoms with van der Waals surface area (Å²) in [6.07, 6.45) is -2.34. The van der Waals surface area contributed by atoms with Gasteiger partial charge in [0.1, 0.15) is 17.8 Å². The van der Waals surface area contributed by atoms with Gasteiger partial charge in [-0.05, 0) is 55.0 Å². The average molecular weight is 661 g/mol. The fourth-order valence-corrected chi connectivity index (χ4v) is 4.88. The van der Waals surface area contributed by atoms with E-state index in [4.69, 9.17) is 19.9 Å². The second-order valence-electron chi connectivity index (χ2n) is 9.64. The van der Waals surface area contributed by atoms with Crippen LogP contribution in [-0.4, -0.2) is 60.4 Å². The van der Waals surface area contributed by atoms with Crippen LogP contribution in [-0.2, 0) is 10.9 Å². The van der Waals surface area contributed by atoms with Gasteiger partial charge in [-0.3, -0.25) is 4.90 Å². The van der Waals surface area contributed by atoms with Gasteiger partial charge in [0, 0.05) is 41.5 Å². The van der Waals surface area contributed by atoms with Crippen molar-refractivity contribution in [2.75, 3.05) is 55.8 Å². The fourth-order valence-electron chi connectivity index (χ4n) is 4.41. The van der Waals surface area contributed by atoms with Gasteiger partial charge < -0.3 is 30.6 Å². The number of rotatable bonds is 9. The lowest BCUT2D eigenvalue weighted by molar-refractivity contribution is -0.138. The number of carbonyl (C=O) groups is 1. The van der Waals surface area contributed by atoms with Crippen LogP contribution in [0.25, 0.3) is 10.9 Å². The van der Waals surface area contributed by atoms with Crippen LogP contribution in [0.15, 0.2) is 65.4 Å². The molecule has 1 aromatic heterocycles. The molecule has 43 heavy (non-hydrogen) atoms. The molecule has 0 spiro atoms. The van der Waals surface area contributed by atoms with E-state index in [1.807, 2.05) is 0 Å². The molecule has 10 nitrogen and oxygen atoms in total. The highest BCUT2D eigenvalue weighted by molar-refractivity contribution is 9.10. The van der Waals surface area contributed by atoms with Crippen molar-refractivity contribution in [3.05, 3.63) is 71.0 Å². The number of benzene rings is 3. The first-order valence-electron chi connectivity index (χ1n) is 13.4. The maximum atomic E-state index is 13.1. The predicted molar refractivity (Wildman–Crippen MR) is 160 cm³/mol. The summed E-state index contributed by atoms with van der Waals surface area (Å²) < 4.78 is 56.6. The van der Waals surface area contributed by atoms with Crippen molar-refractivity contribution >= 4 is 49.9 Å². The van der Waals surface area contributed by atoms with Crippen LogP contribution in [0.2, 0.25) is 0 Å². The Hall–Kier alpha value is -4.14. The smallest absolute Gasteiger partial charge is 0.417 e. The molecule has 14 heteroatoms. The molecule has 0 unspecified atom stereocenters. The number of carbonyl (C=O) groups excluding carboxylic acids is 1. The summed E-state index contributed by atoms with van der Waals surface area (Å²) >= 11 is 2.88. The monoisotopic (exact) mass is 660 g/mol. The van der Waals surface area contributed by atoms with E-state index >= 15 is 0 Å². The second-order valence-corrected chi connectivity index (χ2v) is 10.5. The van der Waals surface area contributed by atoms with Crippen molar-refractivity contribution in [1.82, 2.24) is 14.9 Å². The Labute approximate surface area is 253 Å². The van der Waals surface area contributed by atoms with Crippen molar-refractivity contribution in [1.29, 1.82) is 0 Å². The SMILES string of the molecule is Nc1cc2c(Oc3ccc(NC(=O)Nc4ccc(Br)c(C(F)(F)F)c4)cc3)ncnc2cc1OCCCN1CCOCC1. The maximum Gasteiger partial charge on any atom is 0.417 e. The number of fused-ring (bicyclic) bond motifs is 1. The number of halogens is 4. The Morgan fingerprint density at radius 2 is 1.74 bits per heavy atom. The molecule has 1 saturated heterocycles. The van der Waals surface area contributed by atoms with E-state index < -0.39 is 17.8 Å². The van der Waals surface area contributed by atoms with E-state index in [9.17, 15) is 18.0 Å². The Kier molecular flexibility index (Phi) is 9.48. The van der Waals surface area contributed by atoms with Crippen LogP contribution in [0, 0.1) is 0 Å². The van der Waals surface area contributed by atoms with E-state index in [-0.39, 0.29) is 16.0 Å². The number of aromatic nitrogens is 2. The first-order chi connectivity index (χ1) is 20.7. The van der Waals surface area contributed by atoms with Crippen molar-refractivity contribution in [3.63, 3.8) is 0 Å². The number of hydrogen-bond acceptors (Lipinski definition) is 8. The number of nitrogens with one attached hydrogen (secondary N) is 2. The molecule has 4 N–H and O–H groups in total. The van der Waals surface area contributed by atoms with Crippen LogP contribution in [0.1, 0.15) is 12.0 Å². The number of urea groups is 1. The zero-order valence-electron chi connectivity index (χ0n) is 22.8. The molecule has 4 aromatic rings. The largest absolute Gasteiger partial charge is 0.491 e. The second kappa shape index (κ2) is 13.4. The minimum atomic E-state index is -4.57. The summed E-state index contributed by atoms with van der Waals surface area (Å²) in [6, 6.07) is 12.6. The normalized spacial score (nSPS) is 14.0. The number of nitrogens with two attached hydrogens (primary N) is 1. The molecule has 3 aromatic carbocycles. The van der Waals surface area contributed by atoms with Gasteiger partial charge in [0.25, 0.3) is 0 Å². The molecular weight excluding hydrogens is 633 g/mol. The molecule has 0 bridgehead atoms. The van der Waals surface area contributed by atoms with E-state index in [0.29, 0.717) is 40.4 Å². The summed E-state index contributed by atoms with van der Waals surface area (Å²) in [4.78, 5) is 23.3. The summed E-state index contributed by atoms with van der Waals surface area (Å²) in [7, 11) is 0. The van der Waals surface area contributed by atoms with Gasteiger partial charge in [0.05, 0.1) is 42.0 Å². The number of morpholine rings is 1. The van der Waals surface area contributed by atoms with Crippen LogP contribution in [0.4, 0.5) is 35.0 Å². The molecular formula is C29H28BrF3N6O4. The van der Waals surface area contributed by atoms with E-state index in [1.165, 1.54) is 18.5 Å². The molecule has 2 amide bonds. The van der Waals surface area contributed by atoms with Crippen molar-refractivity contribution in [2.24, 2.45) is 0 Å². The van der Waals surface area contributed by atoms with Crippen molar-refractivity contribution in [2.45, 2.75) is 12.6 Å². The Morgan fingerprint density at radius 3 is 2.49 bits per heavy atom. The summed E-state index contributed by atoms with van der Waals surface area (Å²) in [6.45, 7) is 4.79. The van der Waals surface area contributed by atoms with Gasteiger partial charge in [0.2, 0.25) is 5.88 Å². The molecule has 1 fully saturated rings. The number of ether oxygens (including phenoxy) is 3. The fraction of sp³-hybridized carbons (Fsp3) is 0.276. The zero-order chi connectivity index (χ0) is 30.4. The first-order valence-corrected chi connectivity index (χ1v) is 14.1.